The van der Waals surface area contributed by atoms with E-state index in [0.29, 0.717) is 12.5 Å². The highest BCUT2D eigenvalue weighted by atomic mass is 127. The molecule has 7 heteroatoms. The molecule has 6 nitrogen and oxygen atoms in total. The summed E-state index contributed by atoms with van der Waals surface area (Å²) in [6.07, 6.45) is 3.09. The highest BCUT2D eigenvalue weighted by Crippen LogP contribution is 2.11. The summed E-state index contributed by atoms with van der Waals surface area (Å²) in [7, 11) is 0. The van der Waals surface area contributed by atoms with E-state index in [1.54, 1.807) is 0 Å². The molecule has 1 aromatic carbocycles. The van der Waals surface area contributed by atoms with E-state index >= 15 is 0 Å². The Kier molecular flexibility index (Phi) is 14.3. The highest BCUT2D eigenvalue weighted by Gasteiger charge is 2.11. The van der Waals surface area contributed by atoms with Gasteiger partial charge in [-0.15, -0.1) is 24.0 Å². The first-order valence-corrected chi connectivity index (χ1v) is 10.8. The van der Waals surface area contributed by atoms with Crippen LogP contribution in [-0.4, -0.2) is 62.0 Å². The Bertz CT molecular complexity index is 574. The quantitative estimate of drug-likeness (QED) is 0.239. The molecule has 166 valence electrons. The average molecular weight is 518 g/mol. The molecule has 0 spiro atoms. The first-order chi connectivity index (χ1) is 13.7. The molecule has 0 bridgehead atoms. The predicted octanol–water partition coefficient (Wildman–Crippen LogP) is 2.99. The summed E-state index contributed by atoms with van der Waals surface area (Å²) in [4.78, 5) is 7.20. The molecule has 0 saturated carbocycles. The van der Waals surface area contributed by atoms with Crippen LogP contribution in [0, 0.1) is 5.92 Å². The van der Waals surface area contributed by atoms with E-state index in [9.17, 15) is 5.11 Å². The van der Waals surface area contributed by atoms with Gasteiger partial charge in [-0.05, 0) is 36.8 Å². The predicted molar refractivity (Wildman–Crippen MR) is 131 cm³/mol. The number of guanidine groups is 1. The minimum absolute atomic E-state index is 0. The normalized spacial score (nSPS) is 16.2. The number of halogens is 1. The number of benzene rings is 1. The number of hydrogen-bond acceptors (Lipinski definition) is 4. The van der Waals surface area contributed by atoms with Crippen LogP contribution in [0.25, 0.3) is 0 Å². The fourth-order valence-electron chi connectivity index (χ4n) is 3.54. The van der Waals surface area contributed by atoms with Crippen molar-refractivity contribution in [1.29, 1.82) is 0 Å². The number of aliphatic imine (C=N–C) groups is 1. The largest absolute Gasteiger partial charge is 0.396 e. The minimum Gasteiger partial charge on any atom is -0.396 e. The summed E-state index contributed by atoms with van der Waals surface area (Å²) >= 11 is 0. The maximum Gasteiger partial charge on any atom is 0.191 e. The molecule has 1 unspecified atom stereocenters. The molecule has 1 aliphatic rings. The Morgan fingerprint density at radius 3 is 2.62 bits per heavy atom. The molecule has 1 aliphatic heterocycles. The van der Waals surface area contributed by atoms with Gasteiger partial charge in [-0.2, -0.15) is 0 Å². The van der Waals surface area contributed by atoms with Crippen molar-refractivity contribution in [2.45, 2.75) is 46.2 Å². The van der Waals surface area contributed by atoms with Crippen LogP contribution in [0.2, 0.25) is 0 Å². The SMILES string of the molecule is CCCC(CCO)CNC(=NCc1cccc(CN2CCOCC2)c1)NCC.I. The molecule has 1 fully saturated rings. The van der Waals surface area contributed by atoms with Crippen LogP contribution in [-0.2, 0) is 17.8 Å². The Morgan fingerprint density at radius 2 is 1.93 bits per heavy atom. The summed E-state index contributed by atoms with van der Waals surface area (Å²) in [5, 5.41) is 16.0. The third-order valence-electron chi connectivity index (χ3n) is 5.06. The van der Waals surface area contributed by atoms with Gasteiger partial charge in [0.25, 0.3) is 0 Å². The average Bonchev–Trinajstić information content (AvgIpc) is 2.71. The van der Waals surface area contributed by atoms with Gasteiger partial charge in [0.2, 0.25) is 0 Å². The zero-order valence-electron chi connectivity index (χ0n) is 18.0. The summed E-state index contributed by atoms with van der Waals surface area (Å²) in [5.41, 5.74) is 2.56. The van der Waals surface area contributed by atoms with Crippen LogP contribution in [0.15, 0.2) is 29.3 Å². The van der Waals surface area contributed by atoms with Crippen molar-refractivity contribution in [3.63, 3.8) is 0 Å². The van der Waals surface area contributed by atoms with Crippen LogP contribution in [0.4, 0.5) is 0 Å². The van der Waals surface area contributed by atoms with Gasteiger partial charge in [0.05, 0.1) is 19.8 Å². The lowest BCUT2D eigenvalue weighted by atomic mass is 10.0. The van der Waals surface area contributed by atoms with Gasteiger partial charge in [-0.25, -0.2) is 4.99 Å². The van der Waals surface area contributed by atoms with Gasteiger partial charge in [0, 0.05) is 39.3 Å². The molecule has 29 heavy (non-hydrogen) atoms. The molecule has 1 heterocycles. The molecular formula is C22H39IN4O2. The van der Waals surface area contributed by atoms with E-state index in [4.69, 9.17) is 9.73 Å². The molecule has 2 rings (SSSR count). The van der Waals surface area contributed by atoms with Crippen LogP contribution in [0.5, 0.6) is 0 Å². The van der Waals surface area contributed by atoms with E-state index in [1.807, 2.05) is 0 Å². The number of rotatable bonds is 11. The standard InChI is InChI=1S/C22H38N4O2.HI/c1-3-6-19(9-12-27)16-24-22(23-4-2)25-17-20-7-5-8-21(15-20)18-26-10-13-28-14-11-26;/h5,7-8,15,19,27H,3-4,6,9-14,16-18H2,1-2H3,(H2,23,24,25);1H. The van der Waals surface area contributed by atoms with Gasteiger partial charge in [0.15, 0.2) is 5.96 Å². The third-order valence-corrected chi connectivity index (χ3v) is 5.06. The number of ether oxygens (including phenoxy) is 1. The zero-order valence-corrected chi connectivity index (χ0v) is 20.4. The molecular weight excluding hydrogens is 479 g/mol. The van der Waals surface area contributed by atoms with Crippen molar-refractivity contribution >= 4 is 29.9 Å². The number of hydrogen-bond donors (Lipinski definition) is 3. The first kappa shape index (κ1) is 26.1. The van der Waals surface area contributed by atoms with E-state index in [2.05, 4.69) is 53.6 Å². The van der Waals surface area contributed by atoms with E-state index in [1.165, 1.54) is 11.1 Å². The second-order valence-electron chi connectivity index (χ2n) is 7.45. The molecule has 3 N–H and O–H groups in total. The minimum atomic E-state index is 0. The maximum atomic E-state index is 9.24. The van der Waals surface area contributed by atoms with Crippen molar-refractivity contribution in [3.8, 4) is 0 Å². The van der Waals surface area contributed by atoms with Crippen molar-refractivity contribution in [3.05, 3.63) is 35.4 Å². The fourth-order valence-corrected chi connectivity index (χ4v) is 3.54. The summed E-state index contributed by atoms with van der Waals surface area (Å²) in [6, 6.07) is 8.71. The van der Waals surface area contributed by atoms with Crippen LogP contribution in [0.1, 0.15) is 44.2 Å². The van der Waals surface area contributed by atoms with Gasteiger partial charge in [-0.1, -0.05) is 37.6 Å². The van der Waals surface area contributed by atoms with Crippen LogP contribution in [0.3, 0.4) is 0 Å². The molecule has 1 aromatic rings. The number of aliphatic hydroxyl groups is 1. The topological polar surface area (TPSA) is 69.1 Å². The third kappa shape index (κ3) is 10.6. The van der Waals surface area contributed by atoms with E-state index in [-0.39, 0.29) is 30.6 Å². The molecule has 0 aliphatic carbocycles. The smallest absolute Gasteiger partial charge is 0.191 e. The fraction of sp³-hybridized carbons (Fsp3) is 0.682. The second-order valence-corrected chi connectivity index (χ2v) is 7.45. The van der Waals surface area contributed by atoms with E-state index < -0.39 is 0 Å². The lowest BCUT2D eigenvalue weighted by Gasteiger charge is -2.26. The summed E-state index contributed by atoms with van der Waals surface area (Å²) in [6.45, 7) is 11.5. The number of aliphatic hydroxyl groups excluding tert-OH is 1. The number of nitrogens with one attached hydrogen (secondary N) is 2. The Morgan fingerprint density at radius 1 is 1.17 bits per heavy atom. The van der Waals surface area contributed by atoms with Crippen molar-refractivity contribution in [2.24, 2.45) is 10.9 Å². The Hall–Kier alpha value is -0.900. The zero-order chi connectivity index (χ0) is 20.0. The Balaban J connectivity index is 0.00000420. The lowest BCUT2D eigenvalue weighted by Crippen LogP contribution is -2.40. The highest BCUT2D eigenvalue weighted by molar-refractivity contribution is 14.0. The molecule has 0 amide bonds. The number of nitrogens with zero attached hydrogens (tertiary/aromatic N) is 2. The molecule has 1 atom stereocenters. The van der Waals surface area contributed by atoms with Gasteiger partial charge in [-0.3, -0.25) is 4.90 Å². The summed E-state index contributed by atoms with van der Waals surface area (Å²) < 4.78 is 5.43. The molecule has 0 radical (unpaired) electrons. The molecule has 0 aromatic heterocycles. The number of morpholine rings is 1. The van der Waals surface area contributed by atoms with Gasteiger partial charge >= 0.3 is 0 Å². The Labute approximate surface area is 193 Å². The van der Waals surface area contributed by atoms with Crippen LogP contribution >= 0.6 is 24.0 Å². The maximum absolute atomic E-state index is 9.24. The van der Waals surface area contributed by atoms with Gasteiger partial charge in [0.1, 0.15) is 0 Å². The van der Waals surface area contributed by atoms with Crippen LogP contribution < -0.4 is 10.6 Å². The van der Waals surface area contributed by atoms with Crippen molar-refractivity contribution in [2.75, 3.05) is 46.0 Å². The molecule has 1 saturated heterocycles. The second kappa shape index (κ2) is 15.9. The van der Waals surface area contributed by atoms with Crippen molar-refractivity contribution < 1.29 is 9.84 Å². The van der Waals surface area contributed by atoms with Crippen molar-refractivity contribution in [1.82, 2.24) is 15.5 Å². The summed E-state index contributed by atoms with van der Waals surface area (Å²) in [5.74, 6) is 1.33. The van der Waals surface area contributed by atoms with Gasteiger partial charge < -0.3 is 20.5 Å². The lowest BCUT2D eigenvalue weighted by molar-refractivity contribution is 0.0342. The monoisotopic (exact) mass is 518 g/mol. The van der Waals surface area contributed by atoms with E-state index in [0.717, 1.165) is 71.2 Å². The first-order valence-electron chi connectivity index (χ1n) is 10.8.